The van der Waals surface area contributed by atoms with Gasteiger partial charge in [0.15, 0.2) is 0 Å². The predicted octanol–water partition coefficient (Wildman–Crippen LogP) is 8.11. The van der Waals surface area contributed by atoms with Crippen molar-refractivity contribution in [2.24, 2.45) is 0 Å². The normalized spacial score (nSPS) is 11.7. The standard InChI is InChI=1S/C31H44O4/c1-4-6-7-8-9-10-11-13-26-16-18-27(19-17-26)28-20-22-30(23-21-28)34-24-25(3)35-31(33)15-12-14-29(32)5-2/h16-23,25H,4-15,24H2,1-3H3. The summed E-state index contributed by atoms with van der Waals surface area (Å²) >= 11 is 0. The smallest absolute Gasteiger partial charge is 0.306 e. The third kappa shape index (κ3) is 12.1. The van der Waals surface area contributed by atoms with Crippen LogP contribution in [0.4, 0.5) is 0 Å². The van der Waals surface area contributed by atoms with Gasteiger partial charge < -0.3 is 9.47 Å². The van der Waals surface area contributed by atoms with Crippen molar-refractivity contribution in [3.05, 3.63) is 54.1 Å². The number of Topliss-reactive ketones (excluding diaryl/α,β-unsaturated/α-hetero) is 1. The van der Waals surface area contributed by atoms with Gasteiger partial charge in [-0.3, -0.25) is 9.59 Å². The highest BCUT2D eigenvalue weighted by Crippen LogP contribution is 2.23. The molecule has 4 nitrogen and oxygen atoms in total. The Bertz CT molecular complexity index is 855. The molecule has 35 heavy (non-hydrogen) atoms. The first-order valence-corrected chi connectivity index (χ1v) is 13.5. The molecule has 0 heterocycles. The van der Waals surface area contributed by atoms with Gasteiger partial charge in [0.2, 0.25) is 0 Å². The van der Waals surface area contributed by atoms with E-state index in [0.29, 0.717) is 25.9 Å². The van der Waals surface area contributed by atoms with Gasteiger partial charge in [-0.05, 0) is 55.0 Å². The van der Waals surface area contributed by atoms with E-state index in [2.05, 4.69) is 43.3 Å². The fourth-order valence-corrected chi connectivity index (χ4v) is 4.03. The van der Waals surface area contributed by atoms with Crippen molar-refractivity contribution in [3.8, 4) is 16.9 Å². The Morgan fingerprint density at radius 1 is 0.743 bits per heavy atom. The van der Waals surface area contributed by atoms with Gasteiger partial charge in [0.1, 0.15) is 24.2 Å². The molecule has 0 aliphatic rings. The van der Waals surface area contributed by atoms with E-state index < -0.39 is 0 Å². The first-order chi connectivity index (χ1) is 17.0. The molecular weight excluding hydrogens is 436 g/mol. The molecule has 0 aliphatic carbocycles. The molecule has 0 aliphatic heterocycles. The predicted molar refractivity (Wildman–Crippen MR) is 144 cm³/mol. The van der Waals surface area contributed by atoms with Gasteiger partial charge in [0.05, 0.1) is 0 Å². The maximum absolute atomic E-state index is 11.9. The van der Waals surface area contributed by atoms with E-state index in [0.717, 1.165) is 17.7 Å². The highest BCUT2D eigenvalue weighted by Gasteiger charge is 2.11. The van der Waals surface area contributed by atoms with Crippen LogP contribution in [0.25, 0.3) is 11.1 Å². The molecule has 1 unspecified atom stereocenters. The fraction of sp³-hybridized carbons (Fsp3) is 0.548. The van der Waals surface area contributed by atoms with E-state index in [9.17, 15) is 9.59 Å². The highest BCUT2D eigenvalue weighted by molar-refractivity contribution is 5.78. The van der Waals surface area contributed by atoms with Crippen LogP contribution in [0.1, 0.15) is 97.0 Å². The van der Waals surface area contributed by atoms with Gasteiger partial charge >= 0.3 is 5.97 Å². The average Bonchev–Trinajstić information content (AvgIpc) is 2.87. The first-order valence-electron chi connectivity index (χ1n) is 13.5. The summed E-state index contributed by atoms with van der Waals surface area (Å²) in [5.74, 6) is 0.647. The van der Waals surface area contributed by atoms with Crippen molar-refractivity contribution in [3.63, 3.8) is 0 Å². The molecule has 0 radical (unpaired) electrons. The lowest BCUT2D eigenvalue weighted by Gasteiger charge is -2.14. The zero-order valence-corrected chi connectivity index (χ0v) is 22.0. The van der Waals surface area contributed by atoms with E-state index in [1.54, 1.807) is 0 Å². The number of ether oxygens (including phenoxy) is 2. The zero-order valence-electron chi connectivity index (χ0n) is 22.0. The largest absolute Gasteiger partial charge is 0.490 e. The summed E-state index contributed by atoms with van der Waals surface area (Å²) in [6.07, 6.45) is 12.0. The van der Waals surface area contributed by atoms with Crippen LogP contribution in [0.15, 0.2) is 48.5 Å². The van der Waals surface area contributed by atoms with E-state index in [-0.39, 0.29) is 24.3 Å². The lowest BCUT2D eigenvalue weighted by Crippen LogP contribution is -2.22. The number of hydrogen-bond donors (Lipinski definition) is 0. The van der Waals surface area contributed by atoms with Crippen LogP contribution in [-0.4, -0.2) is 24.5 Å². The molecule has 0 bridgehead atoms. The van der Waals surface area contributed by atoms with Gasteiger partial charge in [-0.2, -0.15) is 0 Å². The number of ketones is 1. The lowest BCUT2D eigenvalue weighted by molar-refractivity contribution is -0.149. The number of hydrogen-bond acceptors (Lipinski definition) is 4. The number of rotatable bonds is 18. The van der Waals surface area contributed by atoms with Gasteiger partial charge in [0.25, 0.3) is 0 Å². The Morgan fingerprint density at radius 3 is 1.97 bits per heavy atom. The van der Waals surface area contributed by atoms with Crippen LogP contribution in [0.5, 0.6) is 5.75 Å². The minimum Gasteiger partial charge on any atom is -0.490 e. The van der Waals surface area contributed by atoms with Crippen LogP contribution >= 0.6 is 0 Å². The number of aryl methyl sites for hydroxylation is 1. The third-order valence-corrected chi connectivity index (χ3v) is 6.26. The van der Waals surface area contributed by atoms with Crippen LogP contribution in [-0.2, 0) is 20.7 Å². The molecule has 4 heteroatoms. The van der Waals surface area contributed by atoms with Crippen LogP contribution in [0, 0.1) is 0 Å². The Balaban J connectivity index is 1.69. The molecule has 2 aromatic rings. The van der Waals surface area contributed by atoms with Crippen molar-refractivity contribution in [2.75, 3.05) is 6.61 Å². The van der Waals surface area contributed by atoms with Crippen molar-refractivity contribution in [2.45, 2.75) is 104 Å². The Labute approximate surface area is 212 Å². The molecule has 192 valence electrons. The molecule has 0 saturated heterocycles. The Hall–Kier alpha value is -2.62. The summed E-state index contributed by atoms with van der Waals surface area (Å²) in [6.45, 7) is 6.21. The van der Waals surface area contributed by atoms with Crippen LogP contribution < -0.4 is 4.74 Å². The highest BCUT2D eigenvalue weighted by atomic mass is 16.6. The molecule has 0 aromatic heterocycles. The molecule has 1 atom stereocenters. The molecule has 0 N–H and O–H groups in total. The first kappa shape index (κ1) is 28.6. The quantitative estimate of drug-likeness (QED) is 0.160. The molecule has 0 spiro atoms. The topological polar surface area (TPSA) is 52.6 Å². The molecular formula is C31H44O4. The summed E-state index contributed by atoms with van der Waals surface area (Å²) in [6, 6.07) is 16.9. The molecule has 2 aromatic carbocycles. The maximum atomic E-state index is 11.9. The van der Waals surface area contributed by atoms with Crippen LogP contribution in [0.3, 0.4) is 0 Å². The van der Waals surface area contributed by atoms with Crippen molar-refractivity contribution < 1.29 is 19.1 Å². The zero-order chi connectivity index (χ0) is 25.3. The monoisotopic (exact) mass is 480 g/mol. The average molecular weight is 481 g/mol. The number of unbranched alkanes of at least 4 members (excludes halogenated alkanes) is 6. The minimum absolute atomic E-state index is 0.178. The summed E-state index contributed by atoms with van der Waals surface area (Å²) in [5.41, 5.74) is 3.76. The van der Waals surface area contributed by atoms with Gasteiger partial charge in [-0.1, -0.05) is 88.8 Å². The van der Waals surface area contributed by atoms with Crippen molar-refractivity contribution in [1.82, 2.24) is 0 Å². The number of esters is 1. The Morgan fingerprint density at radius 2 is 1.34 bits per heavy atom. The van der Waals surface area contributed by atoms with E-state index >= 15 is 0 Å². The van der Waals surface area contributed by atoms with E-state index in [4.69, 9.17) is 9.47 Å². The second-order valence-corrected chi connectivity index (χ2v) is 9.45. The summed E-state index contributed by atoms with van der Waals surface area (Å²) in [4.78, 5) is 23.2. The third-order valence-electron chi connectivity index (χ3n) is 6.26. The molecule has 0 fully saturated rings. The minimum atomic E-state index is -0.340. The van der Waals surface area contributed by atoms with E-state index in [1.165, 1.54) is 56.1 Å². The number of benzene rings is 2. The molecule has 0 saturated carbocycles. The SMILES string of the molecule is CCCCCCCCCc1ccc(-c2ccc(OCC(C)OC(=O)CCCC(=O)CC)cc2)cc1. The summed E-state index contributed by atoms with van der Waals surface area (Å²) in [5, 5.41) is 0. The number of carbonyl (C=O) groups is 2. The molecule has 0 amide bonds. The Kier molecular flexibility index (Phi) is 13.8. The lowest BCUT2D eigenvalue weighted by atomic mass is 10.0. The van der Waals surface area contributed by atoms with Crippen molar-refractivity contribution in [1.29, 1.82) is 0 Å². The van der Waals surface area contributed by atoms with Gasteiger partial charge in [0, 0.05) is 19.3 Å². The second kappa shape index (κ2) is 16.9. The fourth-order valence-electron chi connectivity index (χ4n) is 4.03. The van der Waals surface area contributed by atoms with Crippen molar-refractivity contribution >= 4 is 11.8 Å². The number of carbonyl (C=O) groups excluding carboxylic acids is 2. The van der Waals surface area contributed by atoms with Gasteiger partial charge in [-0.25, -0.2) is 0 Å². The summed E-state index contributed by atoms with van der Waals surface area (Å²) < 4.78 is 11.2. The summed E-state index contributed by atoms with van der Waals surface area (Å²) in [7, 11) is 0. The second-order valence-electron chi connectivity index (χ2n) is 9.45. The van der Waals surface area contributed by atoms with Crippen LogP contribution in [0.2, 0.25) is 0 Å². The van der Waals surface area contributed by atoms with E-state index in [1.807, 2.05) is 26.0 Å². The molecule has 2 rings (SSSR count). The maximum Gasteiger partial charge on any atom is 0.306 e. The van der Waals surface area contributed by atoms with Gasteiger partial charge in [-0.15, -0.1) is 0 Å².